The average Bonchev–Trinajstić information content (AvgIpc) is 2.46. The van der Waals surface area contributed by atoms with Crippen molar-refractivity contribution >= 4 is 12.0 Å². The molecular weight excluding hydrogens is 284 g/mol. The van der Waals surface area contributed by atoms with Gasteiger partial charge >= 0.3 is 5.69 Å². The Bertz CT molecular complexity index is 706. The van der Waals surface area contributed by atoms with Crippen molar-refractivity contribution in [2.75, 3.05) is 13.1 Å². The van der Waals surface area contributed by atoms with E-state index in [0.717, 1.165) is 4.57 Å². The molecule has 2 atom stereocenters. The smallest absolute Gasteiger partial charge is 0.330 e. The molecule has 0 bridgehead atoms. The van der Waals surface area contributed by atoms with Gasteiger partial charge < -0.3 is 14.8 Å². The van der Waals surface area contributed by atoms with E-state index >= 15 is 0 Å². The molecule has 2 heterocycles. The quantitative estimate of drug-likeness (QED) is 0.734. The molecule has 1 aliphatic rings. The van der Waals surface area contributed by atoms with E-state index in [-0.39, 0.29) is 18.0 Å². The molecule has 1 aliphatic heterocycles. The van der Waals surface area contributed by atoms with E-state index in [1.165, 1.54) is 30.0 Å². The Morgan fingerprint density at radius 2 is 1.82 bits per heavy atom. The molecule has 120 valence electrons. The second kappa shape index (κ2) is 6.31. The Hall–Kier alpha value is -2.15. The molecular formula is C15H22N4O3. The minimum Gasteiger partial charge on any atom is -0.336 e. The number of rotatable bonds is 2. The monoisotopic (exact) mass is 306 g/mol. The predicted octanol–water partition coefficient (Wildman–Crippen LogP) is -0.694. The van der Waals surface area contributed by atoms with E-state index in [2.05, 4.69) is 5.32 Å². The van der Waals surface area contributed by atoms with Crippen LogP contribution in [0, 0.1) is 0 Å². The zero-order chi connectivity index (χ0) is 16.4. The van der Waals surface area contributed by atoms with Crippen molar-refractivity contribution in [3.8, 4) is 0 Å². The van der Waals surface area contributed by atoms with Crippen LogP contribution in [0.2, 0.25) is 0 Å². The Morgan fingerprint density at radius 1 is 1.23 bits per heavy atom. The maximum Gasteiger partial charge on any atom is 0.330 e. The molecule has 1 fully saturated rings. The molecule has 7 nitrogen and oxygen atoms in total. The molecule has 1 amide bonds. The second-order valence-corrected chi connectivity index (χ2v) is 5.89. The first-order valence-corrected chi connectivity index (χ1v) is 7.29. The topological polar surface area (TPSA) is 76.3 Å². The molecule has 1 N–H and O–H groups in total. The van der Waals surface area contributed by atoms with Gasteiger partial charge in [-0.05, 0) is 19.9 Å². The lowest BCUT2D eigenvalue weighted by atomic mass is 10.1. The van der Waals surface area contributed by atoms with Gasteiger partial charge in [0.05, 0.1) is 5.56 Å². The summed E-state index contributed by atoms with van der Waals surface area (Å²) in [5.41, 5.74) is -0.485. The molecule has 7 heteroatoms. The summed E-state index contributed by atoms with van der Waals surface area (Å²) in [7, 11) is 2.99. The summed E-state index contributed by atoms with van der Waals surface area (Å²) in [4.78, 5) is 37.6. The van der Waals surface area contributed by atoms with Gasteiger partial charge in [0.1, 0.15) is 0 Å². The van der Waals surface area contributed by atoms with Crippen molar-refractivity contribution < 1.29 is 4.79 Å². The molecule has 0 spiro atoms. The van der Waals surface area contributed by atoms with Crippen molar-refractivity contribution in [2.45, 2.75) is 25.9 Å². The van der Waals surface area contributed by atoms with Crippen molar-refractivity contribution in [3.05, 3.63) is 38.7 Å². The number of hydrogen-bond donors (Lipinski definition) is 1. The van der Waals surface area contributed by atoms with E-state index in [9.17, 15) is 14.4 Å². The van der Waals surface area contributed by atoms with Crippen LogP contribution in [0.15, 0.2) is 21.9 Å². The fourth-order valence-electron chi connectivity index (χ4n) is 2.72. The third kappa shape index (κ3) is 3.36. The molecule has 1 aromatic heterocycles. The molecule has 0 aliphatic carbocycles. The standard InChI is InChI=1S/C15H22N4O3/c1-10-7-19(8-11(2)16-10)13(20)6-5-12-9-17(3)15(22)18(4)14(12)21/h5-6,9-11,16H,7-8H2,1-4H3/b6-5+. The van der Waals surface area contributed by atoms with Gasteiger partial charge in [-0.2, -0.15) is 0 Å². The lowest BCUT2D eigenvalue weighted by Gasteiger charge is -2.35. The van der Waals surface area contributed by atoms with Gasteiger partial charge in [-0.3, -0.25) is 14.2 Å². The van der Waals surface area contributed by atoms with Gasteiger partial charge in [-0.15, -0.1) is 0 Å². The van der Waals surface area contributed by atoms with Crippen molar-refractivity contribution in [2.24, 2.45) is 14.1 Å². The highest BCUT2D eigenvalue weighted by Gasteiger charge is 2.23. The number of aromatic nitrogens is 2. The molecule has 0 aromatic carbocycles. The molecule has 2 unspecified atom stereocenters. The molecule has 0 saturated carbocycles. The average molecular weight is 306 g/mol. The number of carbonyl (C=O) groups excluding carboxylic acids is 1. The summed E-state index contributed by atoms with van der Waals surface area (Å²) in [6, 6.07) is 0.484. The van der Waals surface area contributed by atoms with Gasteiger partial charge in [-0.1, -0.05) is 0 Å². The van der Waals surface area contributed by atoms with E-state index in [1.807, 2.05) is 13.8 Å². The van der Waals surface area contributed by atoms with Crippen LogP contribution in [-0.2, 0) is 18.9 Å². The first-order chi connectivity index (χ1) is 10.3. The third-order valence-electron chi connectivity index (χ3n) is 3.75. The van der Waals surface area contributed by atoms with Crippen LogP contribution in [0.4, 0.5) is 0 Å². The summed E-state index contributed by atoms with van der Waals surface area (Å²) >= 11 is 0. The normalized spacial score (nSPS) is 22.3. The van der Waals surface area contributed by atoms with Crippen molar-refractivity contribution in [1.82, 2.24) is 19.4 Å². The molecule has 1 saturated heterocycles. The lowest BCUT2D eigenvalue weighted by Crippen LogP contribution is -2.55. The predicted molar refractivity (Wildman–Crippen MR) is 84.6 cm³/mol. The molecule has 2 rings (SSSR count). The first-order valence-electron chi connectivity index (χ1n) is 7.29. The number of nitrogens with zero attached hydrogens (tertiary/aromatic N) is 3. The Morgan fingerprint density at radius 3 is 2.41 bits per heavy atom. The minimum absolute atomic E-state index is 0.129. The van der Waals surface area contributed by atoms with Crippen LogP contribution < -0.4 is 16.6 Å². The van der Waals surface area contributed by atoms with Crippen LogP contribution in [0.5, 0.6) is 0 Å². The number of amides is 1. The molecule has 22 heavy (non-hydrogen) atoms. The number of hydrogen-bond acceptors (Lipinski definition) is 4. The second-order valence-electron chi connectivity index (χ2n) is 5.89. The van der Waals surface area contributed by atoms with Crippen LogP contribution in [0.25, 0.3) is 6.08 Å². The Balaban J connectivity index is 2.20. The largest absolute Gasteiger partial charge is 0.336 e. The van der Waals surface area contributed by atoms with E-state index in [4.69, 9.17) is 0 Å². The fraction of sp³-hybridized carbons (Fsp3) is 0.533. The number of aryl methyl sites for hydroxylation is 1. The summed E-state index contributed by atoms with van der Waals surface area (Å²) in [6.45, 7) is 5.34. The number of nitrogens with one attached hydrogen (secondary N) is 1. The summed E-state index contributed by atoms with van der Waals surface area (Å²) < 4.78 is 2.35. The van der Waals surface area contributed by atoms with E-state index in [0.29, 0.717) is 18.7 Å². The van der Waals surface area contributed by atoms with Crippen LogP contribution >= 0.6 is 0 Å². The lowest BCUT2D eigenvalue weighted by molar-refractivity contribution is -0.127. The maximum atomic E-state index is 12.2. The van der Waals surface area contributed by atoms with Gasteiger partial charge in [0, 0.05) is 51.5 Å². The molecule has 1 aromatic rings. The zero-order valence-corrected chi connectivity index (χ0v) is 13.4. The number of piperazine rings is 1. The Labute approximate surface area is 128 Å². The van der Waals surface area contributed by atoms with Gasteiger partial charge in [0.15, 0.2) is 0 Å². The Kier molecular flexibility index (Phi) is 4.65. The number of carbonyl (C=O) groups is 1. The first kappa shape index (κ1) is 16.2. The molecule has 0 radical (unpaired) electrons. The van der Waals surface area contributed by atoms with Crippen molar-refractivity contribution in [1.29, 1.82) is 0 Å². The maximum absolute atomic E-state index is 12.2. The van der Waals surface area contributed by atoms with E-state index in [1.54, 1.807) is 11.9 Å². The van der Waals surface area contributed by atoms with Crippen LogP contribution in [0.3, 0.4) is 0 Å². The van der Waals surface area contributed by atoms with Gasteiger partial charge in [0.2, 0.25) is 5.91 Å². The highest BCUT2D eigenvalue weighted by molar-refractivity contribution is 5.91. The summed E-state index contributed by atoms with van der Waals surface area (Å²) in [5, 5.41) is 3.36. The van der Waals surface area contributed by atoms with Crippen LogP contribution in [-0.4, -0.2) is 45.1 Å². The zero-order valence-electron chi connectivity index (χ0n) is 13.4. The third-order valence-corrected chi connectivity index (χ3v) is 3.75. The SMILES string of the molecule is CC1CN(C(=O)/C=C/c2cn(C)c(=O)n(C)c2=O)CC(C)N1. The fourth-order valence-corrected chi connectivity index (χ4v) is 2.72. The summed E-state index contributed by atoms with van der Waals surface area (Å²) in [6.07, 6.45) is 4.31. The van der Waals surface area contributed by atoms with Gasteiger partial charge in [0.25, 0.3) is 5.56 Å². The van der Waals surface area contributed by atoms with Crippen LogP contribution in [0.1, 0.15) is 19.4 Å². The summed E-state index contributed by atoms with van der Waals surface area (Å²) in [5.74, 6) is -0.129. The highest BCUT2D eigenvalue weighted by atomic mass is 16.2. The minimum atomic E-state index is -0.408. The van der Waals surface area contributed by atoms with Crippen molar-refractivity contribution in [3.63, 3.8) is 0 Å². The highest BCUT2D eigenvalue weighted by Crippen LogP contribution is 2.05. The van der Waals surface area contributed by atoms with E-state index < -0.39 is 11.2 Å². The van der Waals surface area contributed by atoms with Gasteiger partial charge in [-0.25, -0.2) is 4.79 Å².